The van der Waals surface area contributed by atoms with Gasteiger partial charge in [0.05, 0.1) is 13.2 Å². The van der Waals surface area contributed by atoms with E-state index in [9.17, 15) is 13.6 Å². The van der Waals surface area contributed by atoms with Gasteiger partial charge in [0.2, 0.25) is 0 Å². The van der Waals surface area contributed by atoms with Crippen LogP contribution in [0.3, 0.4) is 0 Å². The molecule has 2 atom stereocenters. The highest BCUT2D eigenvalue weighted by Crippen LogP contribution is 2.22. The number of benzene rings is 1. The standard InChI is InChI=1S/C16H22F2O5/c1-4-20-9-10-21-12(3)15(19)22-11(2)13-5-7-14(8-6-13)23-16(17)18/h5-8,11-12,16H,4,9-10H2,1-3H3/t11-,12-/m1/s1. The van der Waals surface area contributed by atoms with Gasteiger partial charge in [-0.05, 0) is 38.5 Å². The van der Waals surface area contributed by atoms with E-state index >= 15 is 0 Å². The maximum Gasteiger partial charge on any atom is 0.387 e. The highest BCUT2D eigenvalue weighted by atomic mass is 19.3. The second-order valence-electron chi connectivity index (χ2n) is 4.74. The van der Waals surface area contributed by atoms with Crippen LogP contribution in [0.1, 0.15) is 32.4 Å². The normalized spacial score (nSPS) is 13.7. The van der Waals surface area contributed by atoms with Crippen LogP contribution in [0.4, 0.5) is 8.78 Å². The van der Waals surface area contributed by atoms with Crippen molar-refractivity contribution in [2.45, 2.75) is 39.6 Å². The molecule has 0 amide bonds. The lowest BCUT2D eigenvalue weighted by Gasteiger charge is -2.18. The average Bonchev–Trinajstić information content (AvgIpc) is 2.51. The van der Waals surface area contributed by atoms with Crippen molar-refractivity contribution in [3.8, 4) is 5.75 Å². The Labute approximate surface area is 134 Å². The number of esters is 1. The molecule has 1 rings (SSSR count). The van der Waals surface area contributed by atoms with Crippen molar-refractivity contribution in [3.05, 3.63) is 29.8 Å². The van der Waals surface area contributed by atoms with Crippen molar-refractivity contribution in [1.82, 2.24) is 0 Å². The van der Waals surface area contributed by atoms with Crippen LogP contribution in [0.2, 0.25) is 0 Å². The van der Waals surface area contributed by atoms with Crippen molar-refractivity contribution < 1.29 is 32.5 Å². The Balaban J connectivity index is 2.44. The lowest BCUT2D eigenvalue weighted by Crippen LogP contribution is -2.26. The number of rotatable bonds is 10. The molecule has 0 saturated heterocycles. The lowest BCUT2D eigenvalue weighted by atomic mass is 10.1. The molecule has 0 fully saturated rings. The molecule has 7 heteroatoms. The van der Waals surface area contributed by atoms with Crippen molar-refractivity contribution in [3.63, 3.8) is 0 Å². The first-order valence-electron chi connectivity index (χ1n) is 7.38. The number of hydrogen-bond donors (Lipinski definition) is 0. The van der Waals surface area contributed by atoms with Gasteiger partial charge in [0.15, 0.2) is 6.10 Å². The van der Waals surface area contributed by atoms with Gasteiger partial charge in [0.25, 0.3) is 0 Å². The monoisotopic (exact) mass is 332 g/mol. The Morgan fingerprint density at radius 3 is 2.35 bits per heavy atom. The quantitative estimate of drug-likeness (QED) is 0.486. The molecular weight excluding hydrogens is 310 g/mol. The zero-order valence-electron chi connectivity index (χ0n) is 13.5. The molecule has 0 aliphatic rings. The molecular formula is C16H22F2O5. The van der Waals surface area contributed by atoms with Crippen LogP contribution >= 0.6 is 0 Å². The SMILES string of the molecule is CCOCCO[C@H](C)C(=O)O[C@H](C)c1ccc(OC(F)F)cc1. The fourth-order valence-electron chi connectivity index (χ4n) is 1.75. The van der Waals surface area contributed by atoms with Crippen molar-refractivity contribution in [2.24, 2.45) is 0 Å². The Morgan fingerprint density at radius 2 is 1.78 bits per heavy atom. The maximum atomic E-state index is 12.1. The van der Waals surface area contributed by atoms with Crippen molar-refractivity contribution in [2.75, 3.05) is 19.8 Å². The number of ether oxygens (including phenoxy) is 4. The van der Waals surface area contributed by atoms with Gasteiger partial charge in [-0.25, -0.2) is 4.79 Å². The predicted molar refractivity (Wildman–Crippen MR) is 79.5 cm³/mol. The molecule has 0 heterocycles. The summed E-state index contributed by atoms with van der Waals surface area (Å²) < 4.78 is 44.1. The largest absolute Gasteiger partial charge is 0.456 e. The minimum Gasteiger partial charge on any atom is -0.456 e. The molecule has 23 heavy (non-hydrogen) atoms. The van der Waals surface area contributed by atoms with Crippen LogP contribution in [0.5, 0.6) is 5.75 Å². The Bertz CT molecular complexity index is 464. The van der Waals surface area contributed by atoms with Crippen molar-refractivity contribution in [1.29, 1.82) is 0 Å². The molecule has 0 aliphatic carbocycles. The Morgan fingerprint density at radius 1 is 1.13 bits per heavy atom. The molecule has 0 radical (unpaired) electrons. The second kappa shape index (κ2) is 10.1. The van der Waals surface area contributed by atoms with Gasteiger partial charge in [-0.1, -0.05) is 12.1 Å². The summed E-state index contributed by atoms with van der Waals surface area (Å²) in [7, 11) is 0. The first kappa shape index (κ1) is 19.3. The topological polar surface area (TPSA) is 54.0 Å². The maximum absolute atomic E-state index is 12.1. The minimum absolute atomic E-state index is 0.0508. The molecule has 0 N–H and O–H groups in total. The van der Waals surface area contributed by atoms with Gasteiger partial charge in [-0.2, -0.15) is 8.78 Å². The first-order chi connectivity index (χ1) is 10.9. The Kier molecular flexibility index (Phi) is 8.50. The van der Waals surface area contributed by atoms with E-state index in [0.717, 1.165) is 0 Å². The van der Waals surface area contributed by atoms with Gasteiger partial charge in [-0.15, -0.1) is 0 Å². The number of carbonyl (C=O) groups is 1. The number of alkyl halides is 2. The smallest absolute Gasteiger partial charge is 0.387 e. The van der Waals surface area contributed by atoms with Gasteiger partial charge in [-0.3, -0.25) is 0 Å². The molecule has 0 bridgehead atoms. The highest BCUT2D eigenvalue weighted by molar-refractivity contribution is 5.74. The zero-order valence-corrected chi connectivity index (χ0v) is 13.5. The summed E-state index contributed by atoms with van der Waals surface area (Å²) in [6.45, 7) is 3.59. The third kappa shape index (κ3) is 7.38. The van der Waals surface area contributed by atoms with Crippen LogP contribution in [0.15, 0.2) is 24.3 Å². The zero-order chi connectivity index (χ0) is 17.2. The summed E-state index contributed by atoms with van der Waals surface area (Å²) in [6.07, 6.45) is -1.24. The molecule has 1 aromatic rings. The molecule has 1 aromatic carbocycles. The van der Waals surface area contributed by atoms with E-state index in [1.165, 1.54) is 12.1 Å². The molecule has 130 valence electrons. The van der Waals surface area contributed by atoms with Gasteiger partial charge in [0, 0.05) is 6.61 Å². The van der Waals surface area contributed by atoms with Crippen molar-refractivity contribution >= 4 is 5.97 Å². The third-order valence-electron chi connectivity index (χ3n) is 3.00. The van der Waals surface area contributed by atoms with Gasteiger partial charge in [0.1, 0.15) is 11.9 Å². The summed E-state index contributed by atoms with van der Waals surface area (Å²) in [5.41, 5.74) is 0.668. The summed E-state index contributed by atoms with van der Waals surface area (Å²) in [4.78, 5) is 11.9. The first-order valence-corrected chi connectivity index (χ1v) is 7.38. The lowest BCUT2D eigenvalue weighted by molar-refractivity contribution is -0.161. The number of halogens is 2. The van der Waals surface area contributed by atoms with Crippen LogP contribution in [-0.2, 0) is 19.0 Å². The van der Waals surface area contributed by atoms with E-state index in [1.807, 2.05) is 6.92 Å². The summed E-state index contributed by atoms with van der Waals surface area (Å²) in [6, 6.07) is 5.92. The van der Waals surface area contributed by atoms with E-state index in [0.29, 0.717) is 25.4 Å². The number of carbonyl (C=O) groups excluding carboxylic acids is 1. The highest BCUT2D eigenvalue weighted by Gasteiger charge is 2.19. The third-order valence-corrected chi connectivity index (χ3v) is 3.00. The number of hydrogen-bond acceptors (Lipinski definition) is 5. The van der Waals surface area contributed by atoms with E-state index in [1.54, 1.807) is 26.0 Å². The molecule has 0 unspecified atom stereocenters. The summed E-state index contributed by atoms with van der Waals surface area (Å²) in [5, 5.41) is 0. The fraction of sp³-hybridized carbons (Fsp3) is 0.562. The minimum atomic E-state index is -2.87. The van der Waals surface area contributed by atoms with E-state index in [-0.39, 0.29) is 5.75 Å². The summed E-state index contributed by atoms with van der Waals surface area (Å²) in [5.74, 6) is -0.447. The average molecular weight is 332 g/mol. The second-order valence-corrected chi connectivity index (χ2v) is 4.74. The van der Waals surface area contributed by atoms with Gasteiger partial charge >= 0.3 is 12.6 Å². The molecule has 0 aromatic heterocycles. The molecule has 0 aliphatic heterocycles. The van der Waals surface area contributed by atoms with Gasteiger partial charge < -0.3 is 18.9 Å². The van der Waals surface area contributed by atoms with Crippen LogP contribution in [0.25, 0.3) is 0 Å². The molecule has 0 spiro atoms. The Hall–Kier alpha value is -1.73. The molecule has 0 saturated carbocycles. The van der Waals surface area contributed by atoms with E-state index < -0.39 is 24.8 Å². The van der Waals surface area contributed by atoms with E-state index in [2.05, 4.69) is 4.74 Å². The van der Waals surface area contributed by atoms with Crippen LogP contribution in [0, 0.1) is 0 Å². The van der Waals surface area contributed by atoms with Crippen LogP contribution < -0.4 is 4.74 Å². The van der Waals surface area contributed by atoms with Crippen LogP contribution in [-0.4, -0.2) is 38.5 Å². The fourth-order valence-corrected chi connectivity index (χ4v) is 1.75. The van der Waals surface area contributed by atoms with E-state index in [4.69, 9.17) is 14.2 Å². The molecule has 5 nitrogen and oxygen atoms in total. The summed E-state index contributed by atoms with van der Waals surface area (Å²) >= 11 is 0. The predicted octanol–water partition coefficient (Wildman–Crippen LogP) is 3.33.